The fourth-order valence-corrected chi connectivity index (χ4v) is 3.25. The summed E-state index contributed by atoms with van der Waals surface area (Å²) in [5, 5.41) is 1.12. The molecule has 0 aliphatic heterocycles. The summed E-state index contributed by atoms with van der Waals surface area (Å²) in [7, 11) is 0. The summed E-state index contributed by atoms with van der Waals surface area (Å²) in [6.45, 7) is 9.50. The monoisotopic (exact) mass is 393 g/mol. The Morgan fingerprint density at radius 1 is 0.828 bits per heavy atom. The Morgan fingerprint density at radius 3 is 2.45 bits per heavy atom. The molecule has 0 bridgehead atoms. The fraction of sp³-hybridized carbons (Fsp3) is 0.400. The zero-order chi connectivity index (χ0) is 20.6. The molecule has 3 rings (SSSR count). The summed E-state index contributed by atoms with van der Waals surface area (Å²) >= 11 is 0. The van der Waals surface area contributed by atoms with Crippen molar-refractivity contribution in [2.75, 3.05) is 13.2 Å². The van der Waals surface area contributed by atoms with E-state index in [2.05, 4.69) is 44.8 Å². The van der Waals surface area contributed by atoms with Crippen LogP contribution in [0, 0.1) is 5.92 Å². The van der Waals surface area contributed by atoms with Gasteiger partial charge in [-0.05, 0) is 57.0 Å². The molecule has 2 atom stereocenters. The van der Waals surface area contributed by atoms with Crippen LogP contribution in [0.2, 0.25) is 0 Å². The van der Waals surface area contributed by atoms with Crippen LogP contribution < -0.4 is 9.47 Å². The highest BCUT2D eigenvalue weighted by Crippen LogP contribution is 2.19. The van der Waals surface area contributed by atoms with Crippen molar-refractivity contribution in [3.63, 3.8) is 0 Å². The van der Waals surface area contributed by atoms with E-state index in [4.69, 9.17) is 14.2 Å². The van der Waals surface area contributed by atoms with Crippen molar-refractivity contribution in [2.45, 2.75) is 46.3 Å². The molecular weight excluding hydrogens is 362 g/mol. The van der Waals surface area contributed by atoms with Gasteiger partial charge in [0.15, 0.2) is 0 Å². The lowest BCUT2D eigenvalue weighted by Gasteiger charge is -2.17. The van der Waals surface area contributed by atoms with Crippen molar-refractivity contribution in [1.29, 1.82) is 0 Å². The molecule has 0 fully saturated rings. The van der Waals surface area contributed by atoms with E-state index in [9.17, 15) is 0 Å². The van der Waals surface area contributed by atoms with Gasteiger partial charge >= 0.3 is 0 Å². The van der Waals surface area contributed by atoms with Crippen molar-refractivity contribution in [2.24, 2.45) is 5.92 Å². The van der Waals surface area contributed by atoms with E-state index in [1.165, 1.54) is 5.56 Å². The first kappa shape index (κ1) is 21.1. The van der Waals surface area contributed by atoms with Crippen LogP contribution in [0.25, 0.3) is 10.9 Å². The van der Waals surface area contributed by atoms with E-state index in [0.29, 0.717) is 19.1 Å². The van der Waals surface area contributed by atoms with Gasteiger partial charge in [0.25, 0.3) is 0 Å². The Balaban J connectivity index is 1.47. The van der Waals surface area contributed by atoms with Crippen LogP contribution in [0.4, 0.5) is 0 Å². The zero-order valence-corrected chi connectivity index (χ0v) is 17.8. The number of pyridine rings is 1. The van der Waals surface area contributed by atoms with Gasteiger partial charge in [-0.3, -0.25) is 0 Å². The molecule has 3 aromatic rings. The normalized spacial score (nSPS) is 13.4. The zero-order valence-electron chi connectivity index (χ0n) is 17.8. The maximum atomic E-state index is 5.99. The van der Waals surface area contributed by atoms with Gasteiger partial charge in [0.05, 0.1) is 30.9 Å². The molecule has 154 valence electrons. The van der Waals surface area contributed by atoms with Gasteiger partial charge in [0.2, 0.25) is 5.88 Å². The molecule has 0 aliphatic rings. The van der Waals surface area contributed by atoms with Crippen molar-refractivity contribution in [3.8, 4) is 11.6 Å². The average molecular weight is 394 g/mol. The molecule has 1 heterocycles. The minimum atomic E-state index is 0.187. The summed E-state index contributed by atoms with van der Waals surface area (Å²) in [4.78, 5) is 4.55. The Morgan fingerprint density at radius 2 is 1.62 bits per heavy atom. The van der Waals surface area contributed by atoms with E-state index in [1.54, 1.807) is 0 Å². The summed E-state index contributed by atoms with van der Waals surface area (Å²) < 4.78 is 17.7. The standard InChI is InChI=1S/C25H31NO3/c1-18(2)29-20(4)14-21-8-7-10-23(15-21)27-16-19(3)17-28-25-13-12-22-9-5-6-11-24(22)26-25/h5-13,15,18-20H,14,16-17H2,1-4H3. The maximum absolute atomic E-state index is 5.99. The van der Waals surface area contributed by atoms with Gasteiger partial charge < -0.3 is 14.2 Å². The van der Waals surface area contributed by atoms with E-state index in [-0.39, 0.29) is 18.1 Å². The predicted molar refractivity (Wildman–Crippen MR) is 118 cm³/mol. The minimum Gasteiger partial charge on any atom is -0.493 e. The van der Waals surface area contributed by atoms with E-state index in [0.717, 1.165) is 23.1 Å². The summed E-state index contributed by atoms with van der Waals surface area (Å²) in [5.74, 6) is 1.78. The molecule has 2 unspecified atom stereocenters. The molecule has 29 heavy (non-hydrogen) atoms. The van der Waals surface area contributed by atoms with Gasteiger partial charge in [-0.25, -0.2) is 4.98 Å². The number of hydrogen-bond donors (Lipinski definition) is 0. The molecule has 4 nitrogen and oxygen atoms in total. The number of benzene rings is 2. The van der Waals surface area contributed by atoms with Crippen LogP contribution in [0.15, 0.2) is 60.7 Å². The lowest BCUT2D eigenvalue weighted by Crippen LogP contribution is -2.18. The second kappa shape index (κ2) is 10.3. The van der Waals surface area contributed by atoms with E-state index in [1.807, 2.05) is 48.5 Å². The van der Waals surface area contributed by atoms with E-state index >= 15 is 0 Å². The van der Waals surface area contributed by atoms with Crippen LogP contribution in [0.3, 0.4) is 0 Å². The molecule has 2 aromatic carbocycles. The summed E-state index contributed by atoms with van der Waals surface area (Å²) in [6.07, 6.45) is 1.30. The molecule has 0 spiro atoms. The fourth-order valence-electron chi connectivity index (χ4n) is 3.25. The third kappa shape index (κ3) is 6.75. The smallest absolute Gasteiger partial charge is 0.213 e. The van der Waals surface area contributed by atoms with Crippen LogP contribution in [-0.4, -0.2) is 30.4 Å². The third-order valence-electron chi connectivity index (χ3n) is 4.55. The van der Waals surface area contributed by atoms with Gasteiger partial charge in [0, 0.05) is 17.4 Å². The number of para-hydroxylation sites is 1. The highest BCUT2D eigenvalue weighted by molar-refractivity contribution is 5.78. The number of hydrogen-bond acceptors (Lipinski definition) is 4. The molecule has 0 radical (unpaired) electrons. The Kier molecular flexibility index (Phi) is 7.48. The largest absolute Gasteiger partial charge is 0.493 e. The van der Waals surface area contributed by atoms with Crippen molar-refractivity contribution in [1.82, 2.24) is 4.98 Å². The molecule has 1 aromatic heterocycles. The van der Waals surface area contributed by atoms with Crippen LogP contribution >= 0.6 is 0 Å². The first-order valence-corrected chi connectivity index (χ1v) is 10.4. The number of aromatic nitrogens is 1. The molecule has 0 saturated heterocycles. The first-order chi connectivity index (χ1) is 14.0. The lowest BCUT2D eigenvalue weighted by atomic mass is 10.1. The van der Waals surface area contributed by atoms with Crippen molar-refractivity contribution >= 4 is 10.9 Å². The SMILES string of the molecule is CC(COc1cccc(CC(C)OC(C)C)c1)COc1ccc2ccccc2n1. The maximum Gasteiger partial charge on any atom is 0.213 e. The Hall–Kier alpha value is -2.59. The second-order valence-electron chi connectivity index (χ2n) is 7.92. The van der Waals surface area contributed by atoms with Gasteiger partial charge in [-0.2, -0.15) is 0 Å². The van der Waals surface area contributed by atoms with Crippen LogP contribution in [-0.2, 0) is 11.2 Å². The number of rotatable bonds is 10. The predicted octanol–water partition coefficient (Wildman–Crippen LogP) is 5.68. The highest BCUT2D eigenvalue weighted by atomic mass is 16.5. The third-order valence-corrected chi connectivity index (χ3v) is 4.55. The van der Waals surface area contributed by atoms with Crippen molar-refractivity contribution in [3.05, 3.63) is 66.2 Å². The first-order valence-electron chi connectivity index (χ1n) is 10.4. The van der Waals surface area contributed by atoms with Gasteiger partial charge in [-0.15, -0.1) is 0 Å². The highest BCUT2D eigenvalue weighted by Gasteiger charge is 2.09. The van der Waals surface area contributed by atoms with Crippen LogP contribution in [0.1, 0.15) is 33.3 Å². The number of fused-ring (bicyclic) bond motifs is 1. The Labute approximate surface area is 173 Å². The van der Waals surface area contributed by atoms with Crippen LogP contribution in [0.5, 0.6) is 11.6 Å². The molecular formula is C25H31NO3. The minimum absolute atomic E-state index is 0.187. The number of ether oxygens (including phenoxy) is 3. The molecule has 4 heteroatoms. The number of nitrogens with zero attached hydrogens (tertiary/aromatic N) is 1. The Bertz CT molecular complexity index is 909. The molecule has 0 aliphatic carbocycles. The molecule has 0 amide bonds. The summed E-state index contributed by atoms with van der Waals surface area (Å²) in [6, 6.07) is 20.2. The topological polar surface area (TPSA) is 40.6 Å². The lowest BCUT2D eigenvalue weighted by molar-refractivity contribution is 0.0194. The summed E-state index contributed by atoms with van der Waals surface area (Å²) in [5.41, 5.74) is 2.17. The van der Waals surface area contributed by atoms with Gasteiger partial charge in [-0.1, -0.05) is 37.3 Å². The average Bonchev–Trinajstić information content (AvgIpc) is 2.70. The van der Waals surface area contributed by atoms with Gasteiger partial charge in [0.1, 0.15) is 5.75 Å². The van der Waals surface area contributed by atoms with E-state index < -0.39 is 0 Å². The second-order valence-corrected chi connectivity index (χ2v) is 7.92. The molecule has 0 N–H and O–H groups in total. The van der Waals surface area contributed by atoms with Crippen molar-refractivity contribution < 1.29 is 14.2 Å². The quantitative estimate of drug-likeness (QED) is 0.444. The molecule has 0 saturated carbocycles.